The molecular formula is C14H24N2S. The van der Waals surface area contributed by atoms with Crippen LogP contribution in [0.4, 0.5) is 0 Å². The number of thiophene rings is 1. The molecule has 0 aromatic carbocycles. The third-order valence-electron chi connectivity index (χ3n) is 3.80. The number of nitrogens with one attached hydrogen (secondary N) is 1. The van der Waals surface area contributed by atoms with Crippen molar-refractivity contribution in [3.8, 4) is 0 Å². The number of hydrogen-bond acceptors (Lipinski definition) is 3. The second-order valence-electron chi connectivity index (χ2n) is 5.06. The molecule has 1 aliphatic rings. The molecule has 0 amide bonds. The average molecular weight is 252 g/mol. The summed E-state index contributed by atoms with van der Waals surface area (Å²) in [5.74, 6) is 0. The lowest BCUT2D eigenvalue weighted by molar-refractivity contribution is 0.169. The molecule has 0 radical (unpaired) electrons. The molecular weight excluding hydrogens is 228 g/mol. The Hall–Kier alpha value is -0.380. The first-order valence-electron chi connectivity index (χ1n) is 6.75. The van der Waals surface area contributed by atoms with Gasteiger partial charge in [0.25, 0.3) is 0 Å². The molecule has 0 saturated heterocycles. The summed E-state index contributed by atoms with van der Waals surface area (Å²) in [6.07, 6.45) is 5.37. The van der Waals surface area contributed by atoms with E-state index in [0.717, 1.165) is 25.2 Å². The molecule has 1 N–H and O–H groups in total. The van der Waals surface area contributed by atoms with Gasteiger partial charge in [0, 0.05) is 23.5 Å². The van der Waals surface area contributed by atoms with Crippen molar-refractivity contribution in [2.45, 2.75) is 51.2 Å². The van der Waals surface area contributed by atoms with Crippen LogP contribution >= 0.6 is 11.3 Å². The van der Waals surface area contributed by atoms with Gasteiger partial charge in [-0.15, -0.1) is 11.3 Å². The molecule has 0 bridgehead atoms. The minimum absolute atomic E-state index is 0.770. The minimum Gasteiger partial charge on any atom is -0.314 e. The Morgan fingerprint density at radius 1 is 1.35 bits per heavy atom. The molecule has 0 unspecified atom stereocenters. The highest BCUT2D eigenvalue weighted by Crippen LogP contribution is 2.24. The highest BCUT2D eigenvalue weighted by Gasteiger charge is 2.23. The lowest BCUT2D eigenvalue weighted by atomic mass is 9.90. The first kappa shape index (κ1) is 13.1. The van der Waals surface area contributed by atoms with Crippen molar-refractivity contribution in [3.05, 3.63) is 22.4 Å². The van der Waals surface area contributed by atoms with Crippen molar-refractivity contribution >= 4 is 11.3 Å². The van der Waals surface area contributed by atoms with Crippen LogP contribution in [0.5, 0.6) is 0 Å². The van der Waals surface area contributed by atoms with E-state index < -0.39 is 0 Å². The van der Waals surface area contributed by atoms with E-state index in [1.54, 1.807) is 0 Å². The fourth-order valence-electron chi connectivity index (χ4n) is 2.79. The van der Waals surface area contributed by atoms with Gasteiger partial charge in [-0.05, 0) is 50.7 Å². The van der Waals surface area contributed by atoms with Crippen LogP contribution in [0.1, 0.15) is 37.5 Å². The first-order chi connectivity index (χ1) is 8.29. The number of nitrogens with zero attached hydrogens (tertiary/aromatic N) is 1. The van der Waals surface area contributed by atoms with Crippen molar-refractivity contribution in [1.82, 2.24) is 10.2 Å². The lowest BCUT2D eigenvalue weighted by Crippen LogP contribution is -2.40. The Kier molecular flexibility index (Phi) is 5.01. The number of hydrogen-bond donors (Lipinski definition) is 1. The van der Waals surface area contributed by atoms with Gasteiger partial charge in [-0.1, -0.05) is 13.0 Å². The summed E-state index contributed by atoms with van der Waals surface area (Å²) in [6.45, 7) is 4.43. The summed E-state index contributed by atoms with van der Waals surface area (Å²) >= 11 is 1.87. The van der Waals surface area contributed by atoms with Gasteiger partial charge in [-0.3, -0.25) is 4.90 Å². The molecule has 3 heteroatoms. The summed E-state index contributed by atoms with van der Waals surface area (Å²) in [4.78, 5) is 4.02. The molecule has 2 rings (SSSR count). The van der Waals surface area contributed by atoms with E-state index in [4.69, 9.17) is 0 Å². The lowest BCUT2D eigenvalue weighted by Gasteiger charge is -2.34. The summed E-state index contributed by atoms with van der Waals surface area (Å²) < 4.78 is 0. The largest absolute Gasteiger partial charge is 0.314 e. The van der Waals surface area contributed by atoms with Crippen molar-refractivity contribution in [1.29, 1.82) is 0 Å². The molecule has 0 atom stereocenters. The Bertz CT molecular complexity index is 302. The van der Waals surface area contributed by atoms with Crippen molar-refractivity contribution < 1.29 is 0 Å². The van der Waals surface area contributed by atoms with Crippen LogP contribution in [0.3, 0.4) is 0 Å². The molecule has 17 heavy (non-hydrogen) atoms. The Labute approximate surface area is 109 Å². The van der Waals surface area contributed by atoms with E-state index in [0.29, 0.717) is 0 Å². The molecule has 0 spiro atoms. The second-order valence-corrected chi connectivity index (χ2v) is 6.09. The van der Waals surface area contributed by atoms with Crippen LogP contribution in [0.2, 0.25) is 0 Å². The van der Waals surface area contributed by atoms with E-state index in [9.17, 15) is 0 Å². The average Bonchev–Trinajstić information content (AvgIpc) is 2.83. The van der Waals surface area contributed by atoms with Gasteiger partial charge in [0.1, 0.15) is 0 Å². The molecule has 1 aliphatic carbocycles. The monoisotopic (exact) mass is 252 g/mol. The molecule has 2 nitrogen and oxygen atoms in total. The maximum absolute atomic E-state index is 3.57. The summed E-state index contributed by atoms with van der Waals surface area (Å²) in [5, 5.41) is 5.74. The summed E-state index contributed by atoms with van der Waals surface area (Å²) in [5.41, 5.74) is 0. The molecule has 1 fully saturated rings. The minimum atomic E-state index is 0.770. The van der Waals surface area contributed by atoms with Gasteiger partial charge < -0.3 is 5.32 Å². The Balaban J connectivity index is 1.76. The van der Waals surface area contributed by atoms with Crippen LogP contribution in [0.15, 0.2) is 17.5 Å². The molecule has 1 saturated carbocycles. The van der Waals surface area contributed by atoms with Crippen LogP contribution < -0.4 is 5.32 Å². The van der Waals surface area contributed by atoms with Crippen molar-refractivity contribution in [2.24, 2.45) is 0 Å². The van der Waals surface area contributed by atoms with Crippen molar-refractivity contribution in [3.63, 3.8) is 0 Å². The zero-order chi connectivity index (χ0) is 12.1. The zero-order valence-electron chi connectivity index (χ0n) is 11.0. The molecule has 1 heterocycles. The van der Waals surface area contributed by atoms with Crippen LogP contribution in [-0.2, 0) is 6.54 Å². The smallest absolute Gasteiger partial charge is 0.0327 e. The standard InChI is InChI=1S/C14H24N2S/c1-3-15-12-6-8-13(9-7-12)16(2)11-14-5-4-10-17-14/h4-5,10,12-13,15H,3,6-9,11H2,1-2H3. The molecule has 1 aromatic rings. The molecule has 96 valence electrons. The van der Waals surface area contributed by atoms with Crippen LogP contribution in [0.25, 0.3) is 0 Å². The van der Waals surface area contributed by atoms with Gasteiger partial charge in [0.2, 0.25) is 0 Å². The SMILES string of the molecule is CCNC1CCC(N(C)Cc2cccs2)CC1. The van der Waals surface area contributed by atoms with E-state index in [-0.39, 0.29) is 0 Å². The van der Waals surface area contributed by atoms with E-state index in [2.05, 4.69) is 41.7 Å². The Morgan fingerprint density at radius 2 is 2.12 bits per heavy atom. The zero-order valence-corrected chi connectivity index (χ0v) is 11.8. The predicted molar refractivity (Wildman–Crippen MR) is 75.5 cm³/mol. The van der Waals surface area contributed by atoms with E-state index in [1.807, 2.05) is 11.3 Å². The Morgan fingerprint density at radius 3 is 2.71 bits per heavy atom. The van der Waals surface area contributed by atoms with Crippen molar-refractivity contribution in [2.75, 3.05) is 13.6 Å². The normalized spacial score (nSPS) is 25.4. The van der Waals surface area contributed by atoms with Gasteiger partial charge in [-0.2, -0.15) is 0 Å². The maximum Gasteiger partial charge on any atom is 0.0327 e. The third-order valence-corrected chi connectivity index (χ3v) is 4.66. The predicted octanol–water partition coefficient (Wildman–Crippen LogP) is 3.10. The number of rotatable bonds is 5. The van der Waals surface area contributed by atoms with Crippen LogP contribution in [0, 0.1) is 0 Å². The van der Waals surface area contributed by atoms with E-state index >= 15 is 0 Å². The first-order valence-corrected chi connectivity index (χ1v) is 7.63. The quantitative estimate of drug-likeness (QED) is 0.866. The van der Waals surface area contributed by atoms with Gasteiger partial charge in [-0.25, -0.2) is 0 Å². The third kappa shape index (κ3) is 3.80. The fourth-order valence-corrected chi connectivity index (χ4v) is 3.55. The van der Waals surface area contributed by atoms with Gasteiger partial charge in [0.05, 0.1) is 0 Å². The van der Waals surface area contributed by atoms with E-state index in [1.165, 1.54) is 30.6 Å². The van der Waals surface area contributed by atoms with Gasteiger partial charge in [0.15, 0.2) is 0 Å². The summed E-state index contributed by atoms with van der Waals surface area (Å²) in [6, 6.07) is 5.94. The fraction of sp³-hybridized carbons (Fsp3) is 0.714. The topological polar surface area (TPSA) is 15.3 Å². The molecule has 1 aromatic heterocycles. The molecule has 0 aliphatic heterocycles. The highest BCUT2D eigenvalue weighted by atomic mass is 32.1. The second kappa shape index (κ2) is 6.53. The van der Waals surface area contributed by atoms with Gasteiger partial charge >= 0.3 is 0 Å². The maximum atomic E-state index is 3.57. The summed E-state index contributed by atoms with van der Waals surface area (Å²) in [7, 11) is 2.28. The highest BCUT2D eigenvalue weighted by molar-refractivity contribution is 7.09. The van der Waals surface area contributed by atoms with Crippen LogP contribution in [-0.4, -0.2) is 30.6 Å².